The third-order valence-corrected chi connectivity index (χ3v) is 4.74. The molecule has 2 heterocycles. The molecule has 0 bridgehead atoms. The van der Waals surface area contributed by atoms with E-state index in [1.807, 2.05) is 30.9 Å². The number of hydrogen-bond donors (Lipinski definition) is 0. The Hall–Kier alpha value is -2.12. The molecule has 23 heavy (non-hydrogen) atoms. The lowest BCUT2D eigenvalue weighted by Crippen LogP contribution is -2.44. The Balaban J connectivity index is 1.92. The van der Waals surface area contributed by atoms with Crippen LogP contribution in [0.1, 0.15) is 40.8 Å². The molecule has 1 saturated heterocycles. The molecule has 0 saturated carbocycles. The highest BCUT2D eigenvalue weighted by Gasteiger charge is 2.35. The van der Waals surface area contributed by atoms with Gasteiger partial charge < -0.3 is 9.64 Å². The summed E-state index contributed by atoms with van der Waals surface area (Å²) in [5.41, 5.74) is 2.83. The third-order valence-electron chi connectivity index (χ3n) is 4.74. The largest absolute Gasteiger partial charge is 0.378 e. The fourth-order valence-corrected chi connectivity index (χ4v) is 3.21. The first-order chi connectivity index (χ1) is 12.1. The molecular weight excluding hydrogens is 288 g/mol. The van der Waals surface area contributed by atoms with E-state index in [1.54, 1.807) is 0 Å². The Morgan fingerprint density at radius 3 is 2.83 bits per heavy atom. The zero-order chi connectivity index (χ0) is 19.1. The Morgan fingerprint density at radius 2 is 2.17 bits per heavy atom. The van der Waals surface area contributed by atoms with E-state index in [-0.39, 0.29) is 12.2 Å². The summed E-state index contributed by atoms with van der Waals surface area (Å²) in [6.07, 6.45) is 6.96. The normalized spacial score (nSPS) is 22.7. The molecule has 0 radical (unpaired) electrons. The van der Waals surface area contributed by atoms with Crippen molar-refractivity contribution in [3.63, 3.8) is 0 Å². The van der Waals surface area contributed by atoms with Gasteiger partial charge in [-0.15, -0.1) is 6.42 Å². The number of aryl methyl sites for hydroxylation is 1. The van der Waals surface area contributed by atoms with Gasteiger partial charge in [-0.3, -0.25) is 9.78 Å². The van der Waals surface area contributed by atoms with Crippen molar-refractivity contribution in [1.29, 1.82) is 0 Å². The summed E-state index contributed by atoms with van der Waals surface area (Å²) >= 11 is 0. The van der Waals surface area contributed by atoms with E-state index in [4.69, 9.17) is 15.3 Å². The number of likely N-dealkylation sites (tertiary alicyclic amines) is 1. The number of carbonyl (C=O) groups is 1. The van der Waals surface area contributed by atoms with E-state index < -0.39 is 12.6 Å². The lowest BCUT2D eigenvalue weighted by molar-refractivity contribution is -0.114. The smallest absolute Gasteiger partial charge is 0.177 e. The first kappa shape index (κ1) is 12.3. The topological polar surface area (TPSA) is 42.4 Å². The van der Waals surface area contributed by atoms with E-state index in [0.717, 1.165) is 17.0 Å². The first-order valence-corrected chi connectivity index (χ1v) is 7.78. The van der Waals surface area contributed by atoms with Crippen LogP contribution in [0.5, 0.6) is 0 Å². The summed E-state index contributed by atoms with van der Waals surface area (Å²) in [5, 5.41) is 0. The van der Waals surface area contributed by atoms with Crippen molar-refractivity contribution in [2.45, 2.75) is 38.7 Å². The average Bonchev–Trinajstić information content (AvgIpc) is 2.53. The Morgan fingerprint density at radius 1 is 1.43 bits per heavy atom. The SMILES string of the molecule is [2H]C([2H])([2H])OC1(C)CCN(C2=C(C#C)C(=O)Cc3ccc(C)nc32)CC1. The highest BCUT2D eigenvalue weighted by Crippen LogP contribution is 2.35. The molecule has 4 nitrogen and oxygen atoms in total. The molecule has 0 spiro atoms. The third kappa shape index (κ3) is 2.77. The van der Waals surface area contributed by atoms with Crippen LogP contribution in [-0.2, 0) is 16.0 Å². The molecule has 4 heteroatoms. The van der Waals surface area contributed by atoms with Crippen molar-refractivity contribution in [1.82, 2.24) is 9.88 Å². The van der Waals surface area contributed by atoms with Crippen molar-refractivity contribution < 1.29 is 13.6 Å². The second-order valence-corrected chi connectivity index (χ2v) is 6.47. The zero-order valence-electron chi connectivity index (χ0n) is 16.5. The van der Waals surface area contributed by atoms with Crippen molar-refractivity contribution in [2.75, 3.05) is 20.1 Å². The molecule has 0 atom stereocenters. The number of pyridine rings is 1. The highest BCUT2D eigenvalue weighted by molar-refractivity contribution is 6.09. The maximum Gasteiger partial charge on any atom is 0.177 e. The Labute approximate surface area is 141 Å². The van der Waals surface area contributed by atoms with Crippen LogP contribution in [0.15, 0.2) is 17.7 Å². The second-order valence-electron chi connectivity index (χ2n) is 6.47. The monoisotopic (exact) mass is 313 g/mol. The van der Waals surface area contributed by atoms with Gasteiger partial charge in [0.2, 0.25) is 0 Å². The van der Waals surface area contributed by atoms with Gasteiger partial charge >= 0.3 is 0 Å². The number of ketones is 1. The minimum Gasteiger partial charge on any atom is -0.378 e. The number of Topliss-reactive ketones (excluding diaryl/α,β-unsaturated/α-hetero) is 1. The van der Waals surface area contributed by atoms with Crippen LogP contribution < -0.4 is 0 Å². The number of ether oxygens (including phenoxy) is 1. The summed E-state index contributed by atoms with van der Waals surface area (Å²) in [7, 11) is -2.42. The average molecular weight is 313 g/mol. The van der Waals surface area contributed by atoms with Gasteiger partial charge in [0.1, 0.15) is 0 Å². The minimum absolute atomic E-state index is 0.0762. The number of terminal acetylenes is 1. The molecule has 120 valence electrons. The van der Waals surface area contributed by atoms with Gasteiger partial charge in [-0.25, -0.2) is 0 Å². The van der Waals surface area contributed by atoms with E-state index in [0.29, 0.717) is 37.2 Å². The van der Waals surface area contributed by atoms with Crippen molar-refractivity contribution >= 4 is 11.5 Å². The molecule has 1 aliphatic carbocycles. The molecule has 1 aromatic rings. The van der Waals surface area contributed by atoms with Crippen LogP contribution in [0.25, 0.3) is 5.70 Å². The number of rotatable bonds is 2. The lowest BCUT2D eigenvalue weighted by atomic mass is 9.88. The summed E-state index contributed by atoms with van der Waals surface area (Å²) in [5.74, 6) is 2.47. The molecule has 0 N–H and O–H groups in total. The number of piperidine rings is 1. The van der Waals surface area contributed by atoms with Gasteiger partial charge in [-0.2, -0.15) is 0 Å². The maximum absolute atomic E-state index is 12.5. The van der Waals surface area contributed by atoms with E-state index >= 15 is 0 Å². The number of aromatic nitrogens is 1. The van der Waals surface area contributed by atoms with Gasteiger partial charge in [0.05, 0.1) is 26.7 Å². The molecule has 1 aliphatic heterocycles. The van der Waals surface area contributed by atoms with Crippen LogP contribution in [-0.4, -0.2) is 41.4 Å². The van der Waals surface area contributed by atoms with E-state index in [9.17, 15) is 4.79 Å². The number of carbonyl (C=O) groups excluding carboxylic acids is 1. The Bertz CT molecular complexity index is 813. The number of fused-ring (bicyclic) bond motifs is 1. The number of hydrogen-bond acceptors (Lipinski definition) is 4. The van der Waals surface area contributed by atoms with Crippen LogP contribution in [0.2, 0.25) is 0 Å². The fourth-order valence-electron chi connectivity index (χ4n) is 3.21. The fraction of sp³-hybridized carbons (Fsp3) is 0.474. The first-order valence-electron chi connectivity index (χ1n) is 9.28. The van der Waals surface area contributed by atoms with Crippen molar-refractivity contribution in [2.24, 2.45) is 0 Å². The maximum atomic E-state index is 12.5. The van der Waals surface area contributed by atoms with Crippen LogP contribution in [0.4, 0.5) is 0 Å². The predicted molar refractivity (Wildman–Crippen MR) is 89.7 cm³/mol. The Kier molecular flexibility index (Phi) is 3.12. The molecule has 0 amide bonds. The summed E-state index contributed by atoms with van der Waals surface area (Å²) in [4.78, 5) is 19.2. The van der Waals surface area contributed by atoms with Crippen molar-refractivity contribution in [3.05, 3.63) is 34.7 Å². The minimum atomic E-state index is -2.42. The second kappa shape index (κ2) is 5.82. The molecule has 0 unspecified atom stereocenters. The highest BCUT2D eigenvalue weighted by atomic mass is 16.5. The van der Waals surface area contributed by atoms with Gasteiger partial charge in [0.25, 0.3) is 0 Å². The standard InChI is InChI=1S/C19H22N2O2/c1-5-15-16(22)12-14-7-6-13(2)20-17(14)18(15)21-10-8-19(3,23-4)9-11-21/h1,6-7H,8-12H2,2-4H3/i4D3. The lowest BCUT2D eigenvalue weighted by Gasteiger charge is -2.41. The van der Waals surface area contributed by atoms with Crippen LogP contribution in [0, 0.1) is 19.3 Å². The number of nitrogens with zero attached hydrogens (tertiary/aromatic N) is 2. The van der Waals surface area contributed by atoms with Crippen LogP contribution >= 0.6 is 0 Å². The summed E-state index contributed by atoms with van der Waals surface area (Å²) in [6.45, 7) is 4.82. The van der Waals surface area contributed by atoms with E-state index in [2.05, 4.69) is 10.9 Å². The summed E-state index contributed by atoms with van der Waals surface area (Å²) < 4.78 is 27.4. The molecule has 3 rings (SSSR count). The zero-order valence-corrected chi connectivity index (χ0v) is 13.5. The molecule has 1 aromatic heterocycles. The molecule has 2 aliphatic rings. The number of methoxy groups -OCH3 is 1. The molecule has 0 aromatic carbocycles. The number of allylic oxidation sites excluding steroid dienone is 1. The van der Waals surface area contributed by atoms with Crippen molar-refractivity contribution in [3.8, 4) is 12.3 Å². The van der Waals surface area contributed by atoms with Gasteiger partial charge in [0.15, 0.2) is 5.78 Å². The van der Waals surface area contributed by atoms with E-state index in [1.165, 1.54) is 0 Å². The van der Waals surface area contributed by atoms with Gasteiger partial charge in [0, 0.05) is 32.2 Å². The molecular formula is C19H22N2O2. The molecule has 1 fully saturated rings. The van der Waals surface area contributed by atoms with Gasteiger partial charge in [-0.1, -0.05) is 12.0 Å². The summed E-state index contributed by atoms with van der Waals surface area (Å²) in [6, 6.07) is 3.82. The van der Waals surface area contributed by atoms with Gasteiger partial charge in [-0.05, 0) is 38.3 Å². The predicted octanol–water partition coefficient (Wildman–Crippen LogP) is 2.36. The van der Waals surface area contributed by atoms with Crippen LogP contribution in [0.3, 0.4) is 0 Å². The quantitative estimate of drug-likeness (QED) is 0.786.